The van der Waals surface area contributed by atoms with Crippen molar-refractivity contribution in [1.82, 2.24) is 10.0 Å². The Morgan fingerprint density at radius 1 is 0.556 bits per heavy atom. The van der Waals surface area contributed by atoms with Gasteiger partial charge in [0, 0.05) is 23.7 Å². The Kier molecular flexibility index (Phi) is 2.76. The van der Waals surface area contributed by atoms with Crippen molar-refractivity contribution < 1.29 is 19.2 Å². The van der Waals surface area contributed by atoms with Crippen molar-refractivity contribution in [2.75, 3.05) is 0 Å². The number of carbonyl (C=O) groups is 4. The van der Waals surface area contributed by atoms with Crippen LogP contribution in [0.15, 0.2) is 0 Å². The van der Waals surface area contributed by atoms with Crippen LogP contribution >= 0.6 is 0 Å². The van der Waals surface area contributed by atoms with E-state index < -0.39 is 47.3 Å². The van der Waals surface area contributed by atoms with Crippen LogP contribution in [0.25, 0.3) is 0 Å². The highest BCUT2D eigenvalue weighted by molar-refractivity contribution is 6.12. The molecule has 0 saturated carbocycles. The van der Waals surface area contributed by atoms with Crippen LogP contribution in [0.1, 0.15) is 27.7 Å². The zero-order valence-electron chi connectivity index (χ0n) is 10.8. The minimum atomic E-state index is -0.578. The molecule has 0 spiro atoms. The quantitative estimate of drug-likeness (QED) is 0.576. The first-order chi connectivity index (χ1) is 8.29. The lowest BCUT2D eigenvalue weighted by Crippen LogP contribution is -2.69. The van der Waals surface area contributed by atoms with Crippen LogP contribution in [0.5, 0.6) is 0 Å². The van der Waals surface area contributed by atoms with Gasteiger partial charge in [0.1, 0.15) is 0 Å². The van der Waals surface area contributed by atoms with Gasteiger partial charge in [0.15, 0.2) is 0 Å². The van der Waals surface area contributed by atoms with Gasteiger partial charge in [0.05, 0.1) is 0 Å². The largest absolute Gasteiger partial charge is 0.272 e. The Labute approximate surface area is 105 Å². The van der Waals surface area contributed by atoms with Crippen molar-refractivity contribution in [2.45, 2.75) is 27.7 Å². The maximum atomic E-state index is 12.1. The minimum absolute atomic E-state index is 0.473. The number of carbonyl (C=O) groups excluding carboxylic acids is 4. The van der Waals surface area contributed by atoms with Gasteiger partial charge >= 0.3 is 0 Å². The highest BCUT2D eigenvalue weighted by atomic mass is 16.2. The predicted molar refractivity (Wildman–Crippen MR) is 60.4 cm³/mol. The van der Waals surface area contributed by atoms with E-state index in [2.05, 4.69) is 0 Å². The van der Waals surface area contributed by atoms with Gasteiger partial charge in [0.2, 0.25) is 0 Å². The molecule has 0 aromatic carbocycles. The lowest BCUT2D eigenvalue weighted by atomic mass is 9.86. The van der Waals surface area contributed by atoms with Crippen LogP contribution in [-0.4, -0.2) is 33.6 Å². The third-order valence-corrected chi connectivity index (χ3v) is 4.09. The van der Waals surface area contributed by atoms with E-state index in [4.69, 9.17) is 0 Å². The van der Waals surface area contributed by atoms with E-state index in [0.29, 0.717) is 0 Å². The standard InChI is InChI=1S/C12H16N2O4/c1-5-6(2)10(16)14-12(18)8(4)7(3)11(17)13(14)9(5)15/h5-8H,1-4H3/t5-,6-,7-,8+/m0/s1. The van der Waals surface area contributed by atoms with Crippen LogP contribution in [0.4, 0.5) is 0 Å². The van der Waals surface area contributed by atoms with Crippen molar-refractivity contribution in [3.63, 3.8) is 0 Å². The van der Waals surface area contributed by atoms with Crippen molar-refractivity contribution in [3.05, 3.63) is 0 Å². The van der Waals surface area contributed by atoms with E-state index in [-0.39, 0.29) is 0 Å². The van der Waals surface area contributed by atoms with Gasteiger partial charge in [-0.1, -0.05) is 27.7 Å². The lowest BCUT2D eigenvalue weighted by molar-refractivity contribution is -0.201. The fourth-order valence-electron chi connectivity index (χ4n) is 2.24. The van der Waals surface area contributed by atoms with E-state index in [9.17, 15) is 19.2 Å². The molecular formula is C12H16N2O4. The van der Waals surface area contributed by atoms with E-state index in [1.165, 1.54) is 0 Å². The van der Waals surface area contributed by atoms with Crippen LogP contribution < -0.4 is 0 Å². The van der Waals surface area contributed by atoms with Crippen molar-refractivity contribution in [2.24, 2.45) is 23.7 Å². The molecule has 0 bridgehead atoms. The number of fused-ring (bicyclic) bond motifs is 1. The zero-order chi connectivity index (χ0) is 13.8. The number of hydrogen-bond acceptors (Lipinski definition) is 4. The summed E-state index contributed by atoms with van der Waals surface area (Å²) in [6.45, 7) is 6.40. The molecule has 2 fully saturated rings. The first-order valence-corrected chi connectivity index (χ1v) is 6.04. The fourth-order valence-corrected chi connectivity index (χ4v) is 2.24. The molecule has 98 valence electrons. The Morgan fingerprint density at radius 3 is 0.889 bits per heavy atom. The summed E-state index contributed by atoms with van der Waals surface area (Å²) in [6, 6.07) is 0. The maximum absolute atomic E-state index is 12.1. The molecule has 2 rings (SSSR count). The minimum Gasteiger partial charge on any atom is -0.272 e. The number of rotatable bonds is 0. The van der Waals surface area contributed by atoms with Crippen molar-refractivity contribution >= 4 is 23.6 Å². The number of amides is 4. The van der Waals surface area contributed by atoms with Crippen molar-refractivity contribution in [3.8, 4) is 0 Å². The summed E-state index contributed by atoms with van der Waals surface area (Å²) in [6.07, 6.45) is 0. The van der Waals surface area contributed by atoms with Gasteiger partial charge < -0.3 is 0 Å². The summed E-state index contributed by atoms with van der Waals surface area (Å²) in [7, 11) is 0. The smallest absolute Gasteiger partial charge is 0.252 e. The Bertz CT molecular complexity index is 377. The third-order valence-electron chi connectivity index (χ3n) is 4.09. The molecule has 18 heavy (non-hydrogen) atoms. The molecule has 0 N–H and O–H groups in total. The first kappa shape index (κ1) is 12.7. The third kappa shape index (κ3) is 1.41. The van der Waals surface area contributed by atoms with Gasteiger partial charge in [-0.05, 0) is 0 Å². The van der Waals surface area contributed by atoms with Gasteiger partial charge in [-0.2, -0.15) is 10.0 Å². The molecule has 2 heterocycles. The molecule has 2 aliphatic rings. The molecule has 0 radical (unpaired) electrons. The number of nitrogens with zero attached hydrogens (tertiary/aromatic N) is 2. The molecule has 4 amide bonds. The van der Waals surface area contributed by atoms with Gasteiger partial charge in [-0.25, -0.2) is 0 Å². The Balaban J connectivity index is 2.50. The highest BCUT2D eigenvalue weighted by Gasteiger charge is 2.54. The maximum Gasteiger partial charge on any atom is 0.252 e. The normalized spacial score (nSPS) is 37.1. The first-order valence-electron chi connectivity index (χ1n) is 6.04. The average molecular weight is 252 g/mol. The molecule has 2 aliphatic heterocycles. The lowest BCUT2D eigenvalue weighted by Gasteiger charge is -2.46. The molecule has 0 aliphatic carbocycles. The molecule has 0 unspecified atom stereocenters. The summed E-state index contributed by atoms with van der Waals surface area (Å²) in [5.74, 6) is -4.20. The summed E-state index contributed by atoms with van der Waals surface area (Å²) in [5, 5.41) is 1.47. The monoisotopic (exact) mass is 252 g/mol. The van der Waals surface area contributed by atoms with Crippen LogP contribution in [-0.2, 0) is 19.2 Å². The van der Waals surface area contributed by atoms with Crippen LogP contribution in [0, 0.1) is 23.7 Å². The summed E-state index contributed by atoms with van der Waals surface area (Å²) >= 11 is 0. The predicted octanol–water partition coefficient (Wildman–Crippen LogP) is 0.183. The average Bonchev–Trinajstić information content (AvgIpc) is 2.35. The second kappa shape index (κ2) is 3.90. The van der Waals surface area contributed by atoms with Crippen LogP contribution in [0.2, 0.25) is 0 Å². The topological polar surface area (TPSA) is 74.8 Å². The Morgan fingerprint density at radius 2 is 0.722 bits per heavy atom. The van der Waals surface area contributed by atoms with Gasteiger partial charge in [-0.3, -0.25) is 19.2 Å². The zero-order valence-corrected chi connectivity index (χ0v) is 10.8. The number of hydrazine groups is 1. The second-order valence-corrected chi connectivity index (χ2v) is 5.13. The van der Waals surface area contributed by atoms with Crippen LogP contribution in [0.3, 0.4) is 0 Å². The van der Waals surface area contributed by atoms with E-state index in [0.717, 1.165) is 10.0 Å². The number of hydrogen-bond donors (Lipinski definition) is 0. The molecule has 6 heteroatoms. The molecule has 0 aromatic rings. The Hall–Kier alpha value is -1.72. The molecular weight excluding hydrogens is 236 g/mol. The fraction of sp³-hybridized carbons (Fsp3) is 0.667. The SMILES string of the molecule is C[C@@H]1C(=O)N2C(=O)[C@@H](C)[C@@H](C)C(=O)N2C(=O)[C@H]1C. The second-order valence-electron chi connectivity index (χ2n) is 5.13. The van der Waals surface area contributed by atoms with Crippen molar-refractivity contribution in [1.29, 1.82) is 0 Å². The molecule has 4 atom stereocenters. The van der Waals surface area contributed by atoms with E-state index in [1.807, 2.05) is 0 Å². The van der Waals surface area contributed by atoms with E-state index in [1.54, 1.807) is 27.7 Å². The molecule has 6 nitrogen and oxygen atoms in total. The summed E-state index contributed by atoms with van der Waals surface area (Å²) in [5.41, 5.74) is 0. The van der Waals surface area contributed by atoms with Gasteiger partial charge in [0.25, 0.3) is 23.6 Å². The molecule has 2 saturated heterocycles. The molecule has 0 aromatic heterocycles. The summed E-state index contributed by atoms with van der Waals surface area (Å²) in [4.78, 5) is 48.3. The summed E-state index contributed by atoms with van der Waals surface area (Å²) < 4.78 is 0. The number of imide groups is 2. The van der Waals surface area contributed by atoms with E-state index >= 15 is 0 Å². The van der Waals surface area contributed by atoms with Gasteiger partial charge in [-0.15, -0.1) is 0 Å². The highest BCUT2D eigenvalue weighted by Crippen LogP contribution is 2.33.